The molecule has 4 heteroatoms. The van der Waals surface area contributed by atoms with Crippen molar-refractivity contribution in [2.24, 2.45) is 0 Å². The van der Waals surface area contributed by atoms with E-state index in [-0.39, 0.29) is 11.6 Å². The summed E-state index contributed by atoms with van der Waals surface area (Å²) in [7, 11) is 1.93. The smallest absolute Gasteiger partial charge is 0.318 e. The predicted molar refractivity (Wildman–Crippen MR) is 80.5 cm³/mol. The van der Waals surface area contributed by atoms with Crippen molar-refractivity contribution >= 4 is 17.4 Å². The number of rotatable bonds is 3. The van der Waals surface area contributed by atoms with Crippen LogP contribution in [0.4, 0.5) is 4.79 Å². The van der Waals surface area contributed by atoms with Crippen molar-refractivity contribution in [3.05, 3.63) is 22.4 Å². The summed E-state index contributed by atoms with van der Waals surface area (Å²) < 4.78 is 0. The van der Waals surface area contributed by atoms with Crippen molar-refractivity contribution in [1.29, 1.82) is 0 Å². The first-order chi connectivity index (χ1) is 9.00. The van der Waals surface area contributed by atoms with Crippen LogP contribution in [0.25, 0.3) is 0 Å². The van der Waals surface area contributed by atoms with Gasteiger partial charge in [0.1, 0.15) is 0 Å². The average molecular weight is 280 g/mol. The zero-order valence-corrected chi connectivity index (χ0v) is 12.9. The highest BCUT2D eigenvalue weighted by atomic mass is 32.1. The topological polar surface area (TPSA) is 32.3 Å². The molecule has 0 saturated heterocycles. The Morgan fingerprint density at radius 3 is 2.63 bits per heavy atom. The van der Waals surface area contributed by atoms with Crippen molar-refractivity contribution in [1.82, 2.24) is 10.2 Å². The van der Waals surface area contributed by atoms with E-state index in [2.05, 4.69) is 30.6 Å². The summed E-state index contributed by atoms with van der Waals surface area (Å²) in [6.45, 7) is 4.11. The molecule has 0 spiro atoms. The van der Waals surface area contributed by atoms with Crippen LogP contribution in [0.5, 0.6) is 0 Å². The summed E-state index contributed by atoms with van der Waals surface area (Å²) in [6.07, 6.45) is 6.09. The van der Waals surface area contributed by atoms with Gasteiger partial charge in [-0.25, -0.2) is 4.79 Å². The molecule has 0 aromatic carbocycles. The number of urea groups is 1. The number of nitrogens with one attached hydrogen (secondary N) is 1. The van der Waals surface area contributed by atoms with Crippen LogP contribution in [0.1, 0.15) is 51.5 Å². The second-order valence-electron chi connectivity index (χ2n) is 5.97. The number of thiophene rings is 1. The third-order valence-electron chi connectivity index (χ3n) is 4.11. The molecule has 19 heavy (non-hydrogen) atoms. The minimum atomic E-state index is -0.306. The van der Waals surface area contributed by atoms with E-state index in [1.807, 2.05) is 17.3 Å². The maximum Gasteiger partial charge on any atom is 0.318 e. The van der Waals surface area contributed by atoms with E-state index in [4.69, 9.17) is 0 Å². The highest BCUT2D eigenvalue weighted by Gasteiger charge is 2.28. The van der Waals surface area contributed by atoms with Gasteiger partial charge in [-0.2, -0.15) is 11.3 Å². The lowest BCUT2D eigenvalue weighted by Crippen LogP contribution is -2.50. The molecule has 1 aromatic heterocycles. The van der Waals surface area contributed by atoms with E-state index in [1.54, 1.807) is 11.3 Å². The lowest BCUT2D eigenvalue weighted by molar-refractivity contribution is 0.164. The Morgan fingerprint density at radius 1 is 1.37 bits per heavy atom. The molecule has 1 aromatic rings. The molecule has 1 aliphatic carbocycles. The third-order valence-corrected chi connectivity index (χ3v) is 4.79. The van der Waals surface area contributed by atoms with Crippen molar-refractivity contribution in [3.8, 4) is 0 Å². The van der Waals surface area contributed by atoms with Gasteiger partial charge in [0.2, 0.25) is 0 Å². The molecule has 0 radical (unpaired) electrons. The zero-order chi connectivity index (χ0) is 13.9. The second-order valence-corrected chi connectivity index (χ2v) is 6.75. The molecule has 0 aliphatic heterocycles. The van der Waals surface area contributed by atoms with Crippen LogP contribution in [0, 0.1) is 0 Å². The molecule has 2 amide bonds. The largest absolute Gasteiger partial charge is 0.329 e. The number of hydrogen-bond acceptors (Lipinski definition) is 2. The molecule has 1 aliphatic rings. The Bertz CT molecular complexity index is 408. The molecular formula is C15H24N2OS. The molecule has 0 bridgehead atoms. The summed E-state index contributed by atoms with van der Waals surface area (Å²) >= 11 is 1.67. The van der Waals surface area contributed by atoms with Crippen molar-refractivity contribution < 1.29 is 4.79 Å². The first-order valence-corrected chi connectivity index (χ1v) is 8.02. The first-order valence-electron chi connectivity index (χ1n) is 7.08. The van der Waals surface area contributed by atoms with Gasteiger partial charge in [-0.3, -0.25) is 0 Å². The molecule has 1 N–H and O–H groups in total. The normalized spacial score (nSPS) is 17.2. The molecule has 3 nitrogen and oxygen atoms in total. The van der Waals surface area contributed by atoms with Gasteiger partial charge in [-0.1, -0.05) is 19.3 Å². The van der Waals surface area contributed by atoms with Gasteiger partial charge in [0.25, 0.3) is 0 Å². The molecule has 1 saturated carbocycles. The number of amides is 2. The molecule has 1 fully saturated rings. The first kappa shape index (κ1) is 14.4. The Labute approximate surface area is 120 Å². The number of nitrogens with zero attached hydrogens (tertiary/aromatic N) is 1. The van der Waals surface area contributed by atoms with Crippen molar-refractivity contribution in [2.45, 2.75) is 57.5 Å². The summed E-state index contributed by atoms with van der Waals surface area (Å²) in [6, 6.07) is 2.53. The highest BCUT2D eigenvalue weighted by Crippen LogP contribution is 2.25. The van der Waals surface area contributed by atoms with Gasteiger partial charge in [0.15, 0.2) is 0 Å². The molecule has 0 unspecified atom stereocenters. The van der Waals surface area contributed by atoms with Gasteiger partial charge in [-0.05, 0) is 49.1 Å². The predicted octanol–water partition coefficient (Wildman–Crippen LogP) is 3.96. The van der Waals surface area contributed by atoms with E-state index in [9.17, 15) is 4.79 Å². The zero-order valence-electron chi connectivity index (χ0n) is 12.1. The van der Waals surface area contributed by atoms with Crippen LogP contribution in [0.15, 0.2) is 16.8 Å². The Balaban J connectivity index is 1.96. The monoisotopic (exact) mass is 280 g/mol. The van der Waals surface area contributed by atoms with Crippen molar-refractivity contribution in [3.63, 3.8) is 0 Å². The number of carbonyl (C=O) groups is 1. The summed E-state index contributed by atoms with van der Waals surface area (Å²) in [5.41, 5.74) is 0.864. The summed E-state index contributed by atoms with van der Waals surface area (Å²) in [5.74, 6) is 0. The molecule has 0 atom stereocenters. The Kier molecular flexibility index (Phi) is 4.50. The lowest BCUT2D eigenvalue weighted by atomic mass is 9.94. The van der Waals surface area contributed by atoms with Gasteiger partial charge in [0, 0.05) is 13.1 Å². The summed E-state index contributed by atoms with van der Waals surface area (Å²) in [4.78, 5) is 14.3. The van der Waals surface area contributed by atoms with E-state index in [1.165, 1.54) is 24.8 Å². The lowest BCUT2D eigenvalue weighted by Gasteiger charge is -2.34. The Hall–Kier alpha value is -1.03. The van der Waals surface area contributed by atoms with E-state index >= 15 is 0 Å². The van der Waals surface area contributed by atoms with Gasteiger partial charge in [0.05, 0.1) is 5.54 Å². The molecule has 2 rings (SSSR count). The van der Waals surface area contributed by atoms with E-state index < -0.39 is 0 Å². The van der Waals surface area contributed by atoms with E-state index in [0.717, 1.165) is 12.8 Å². The number of hydrogen-bond donors (Lipinski definition) is 1. The standard InChI is InChI=1S/C15H24N2OS/c1-15(2,12-9-10-19-11-12)16-14(18)17(3)13-7-5-4-6-8-13/h9-11,13H,4-8H2,1-3H3,(H,16,18). The fraction of sp³-hybridized carbons (Fsp3) is 0.667. The van der Waals surface area contributed by atoms with Crippen LogP contribution in [-0.2, 0) is 5.54 Å². The fourth-order valence-corrected chi connectivity index (χ4v) is 3.51. The molecular weight excluding hydrogens is 256 g/mol. The Morgan fingerprint density at radius 2 is 2.05 bits per heavy atom. The second kappa shape index (κ2) is 5.95. The van der Waals surface area contributed by atoms with Crippen LogP contribution >= 0.6 is 11.3 Å². The maximum atomic E-state index is 12.4. The maximum absolute atomic E-state index is 12.4. The molecule has 106 valence electrons. The fourth-order valence-electron chi connectivity index (χ4n) is 2.68. The van der Waals surface area contributed by atoms with Crippen molar-refractivity contribution in [2.75, 3.05) is 7.05 Å². The highest BCUT2D eigenvalue weighted by molar-refractivity contribution is 7.08. The average Bonchev–Trinajstić information content (AvgIpc) is 2.93. The number of carbonyl (C=O) groups excluding carboxylic acids is 1. The van der Waals surface area contributed by atoms with Gasteiger partial charge >= 0.3 is 6.03 Å². The third kappa shape index (κ3) is 3.50. The van der Waals surface area contributed by atoms with Gasteiger partial charge < -0.3 is 10.2 Å². The SMILES string of the molecule is CN(C(=O)NC(C)(C)c1ccsc1)C1CCCCC1. The van der Waals surface area contributed by atoms with Crippen LogP contribution in [0.2, 0.25) is 0 Å². The van der Waals surface area contributed by atoms with Crippen LogP contribution in [0.3, 0.4) is 0 Å². The van der Waals surface area contributed by atoms with E-state index in [0.29, 0.717) is 6.04 Å². The summed E-state index contributed by atoms with van der Waals surface area (Å²) in [5, 5.41) is 7.30. The van der Waals surface area contributed by atoms with Crippen LogP contribution in [-0.4, -0.2) is 24.0 Å². The minimum Gasteiger partial charge on any atom is -0.329 e. The van der Waals surface area contributed by atoms with Crippen LogP contribution < -0.4 is 5.32 Å². The quantitative estimate of drug-likeness (QED) is 0.893. The minimum absolute atomic E-state index is 0.0445. The molecule has 1 heterocycles. The van der Waals surface area contributed by atoms with Gasteiger partial charge in [-0.15, -0.1) is 0 Å².